The van der Waals surface area contributed by atoms with Gasteiger partial charge in [0.25, 0.3) is 0 Å². The van der Waals surface area contributed by atoms with Crippen LogP contribution in [0.3, 0.4) is 0 Å². The molecular weight excluding hydrogens is 1270 g/mol. The highest BCUT2D eigenvalue weighted by atomic mass is 19.4. The van der Waals surface area contributed by atoms with Crippen molar-refractivity contribution in [3.63, 3.8) is 0 Å². The number of H-pyrrole nitrogens is 1. The number of aliphatic hydroxyl groups is 5. The number of aromatic nitrogens is 12. The first-order valence-electron chi connectivity index (χ1n) is 27.4. The smallest absolute Gasteiger partial charge is 0.394 e. The second kappa shape index (κ2) is 25.6. The number of halogens is 12. The summed E-state index contributed by atoms with van der Waals surface area (Å²) in [5, 5.41) is 105. The van der Waals surface area contributed by atoms with Crippen molar-refractivity contribution in [3.8, 4) is 35.3 Å². The lowest BCUT2D eigenvalue weighted by Crippen LogP contribution is -2.43. The lowest BCUT2D eigenvalue weighted by atomic mass is 9.85. The zero-order valence-electron chi connectivity index (χ0n) is 48.1. The third-order valence-electron chi connectivity index (χ3n) is 15.0. The Labute approximate surface area is 525 Å². The number of nitrogens with zero attached hydrogens (tertiary/aromatic N) is 14. The molecule has 4 atom stereocenters. The van der Waals surface area contributed by atoms with Crippen LogP contribution in [0.15, 0.2) is 177 Å². The standard InChI is InChI=1S/C22H17F4N5O3.C22H15F4N5O.C19H11F4N5O/c23-15-2-4-16(5-3-15)31-20-6-1-14(7-13(20)9-28-31)21(34,22(24,25)26)18-11-30(10-17(33)12-32)29-19(18)8-27;1-2-9-30-13-18(19(11-27)29-30)21(32,22(24,25)26)15-3-8-20-14(10-15)12-28-31(20)17-6-4-16(23)5-7-17;20-13-2-4-14(5-3-13)28-17-6-1-12(7-11(17)9-26-28)18(29,19(21,22)23)15-10-25-27-16(15)8-24/h1-7,9,11,17,32-34H,10,12H2;2-8,10,12-13,32H,1,9H2;1-7,9-10,29H,(H,25,27). The molecule has 32 heteroatoms. The van der Waals surface area contributed by atoms with Crippen LogP contribution < -0.4 is 0 Å². The van der Waals surface area contributed by atoms with Crippen molar-refractivity contribution in [3.05, 3.63) is 245 Å². The normalized spacial score (nSPS) is 14.1. The number of aromatic amines is 1. The Kier molecular flexibility index (Phi) is 17.9. The quantitative estimate of drug-likeness (QED) is 0.0436. The Bertz CT molecular complexity index is 4940. The van der Waals surface area contributed by atoms with Gasteiger partial charge < -0.3 is 25.5 Å². The fraction of sp³-hybridized carbons (Fsp3) is 0.159. The van der Waals surface area contributed by atoms with Gasteiger partial charge in [-0.05, 0) is 126 Å². The molecule has 484 valence electrons. The van der Waals surface area contributed by atoms with Gasteiger partial charge in [-0.15, -0.1) is 6.58 Å². The van der Waals surface area contributed by atoms with Crippen LogP contribution in [0, 0.1) is 51.4 Å². The summed E-state index contributed by atoms with van der Waals surface area (Å²) in [5.74, 6) is -1.33. The Morgan fingerprint density at radius 2 is 0.842 bits per heavy atom. The summed E-state index contributed by atoms with van der Waals surface area (Å²) in [4.78, 5) is 0. The summed E-state index contributed by atoms with van der Waals surface area (Å²) in [5.41, 5.74) is -13.2. The molecule has 0 aliphatic carbocycles. The number of nitriles is 3. The minimum Gasteiger partial charge on any atom is -0.394 e. The van der Waals surface area contributed by atoms with Gasteiger partial charge in [-0.25, -0.2) is 27.2 Å². The predicted molar refractivity (Wildman–Crippen MR) is 311 cm³/mol. The Morgan fingerprint density at radius 1 is 0.495 bits per heavy atom. The molecular formula is C63H43F12N15O5. The molecule has 12 aromatic rings. The maximum atomic E-state index is 14.3. The van der Waals surface area contributed by atoms with Crippen molar-refractivity contribution in [1.29, 1.82) is 15.8 Å². The number of nitrogens with one attached hydrogen (secondary N) is 1. The van der Waals surface area contributed by atoms with Crippen LogP contribution in [0.25, 0.3) is 49.8 Å². The molecule has 6 N–H and O–H groups in total. The molecule has 0 amide bonds. The largest absolute Gasteiger partial charge is 0.425 e. The molecule has 0 spiro atoms. The van der Waals surface area contributed by atoms with Crippen LogP contribution in [0.1, 0.15) is 50.5 Å². The lowest BCUT2D eigenvalue weighted by Gasteiger charge is -2.30. The highest BCUT2D eigenvalue weighted by Gasteiger charge is 2.60. The van der Waals surface area contributed by atoms with Gasteiger partial charge in [-0.1, -0.05) is 24.3 Å². The molecule has 12 rings (SSSR count). The maximum absolute atomic E-state index is 14.3. The molecule has 6 aromatic heterocycles. The number of allylic oxidation sites excluding steroid dienone is 1. The van der Waals surface area contributed by atoms with Gasteiger partial charge in [-0.2, -0.15) is 85.9 Å². The Morgan fingerprint density at radius 3 is 1.17 bits per heavy atom. The van der Waals surface area contributed by atoms with E-state index in [1.54, 1.807) is 12.1 Å². The zero-order valence-corrected chi connectivity index (χ0v) is 48.1. The second-order valence-electron chi connectivity index (χ2n) is 20.9. The number of fused-ring (bicyclic) bond motifs is 3. The fourth-order valence-electron chi connectivity index (χ4n) is 10.3. The predicted octanol–water partition coefficient (Wildman–Crippen LogP) is 10.2. The summed E-state index contributed by atoms with van der Waals surface area (Å²) in [6.45, 7) is 2.50. The van der Waals surface area contributed by atoms with Crippen molar-refractivity contribution in [2.75, 3.05) is 6.61 Å². The van der Waals surface area contributed by atoms with Crippen LogP contribution in [0.4, 0.5) is 52.7 Å². The van der Waals surface area contributed by atoms with Gasteiger partial charge in [0.15, 0.2) is 11.4 Å². The highest BCUT2D eigenvalue weighted by Crippen LogP contribution is 2.49. The van der Waals surface area contributed by atoms with Gasteiger partial charge >= 0.3 is 18.5 Å². The molecule has 0 saturated heterocycles. The van der Waals surface area contributed by atoms with E-state index >= 15 is 0 Å². The van der Waals surface area contributed by atoms with Crippen LogP contribution in [-0.2, 0) is 29.9 Å². The molecule has 0 aliphatic heterocycles. The van der Waals surface area contributed by atoms with Gasteiger partial charge in [0, 0.05) is 28.6 Å². The van der Waals surface area contributed by atoms with Crippen LogP contribution in [0.5, 0.6) is 0 Å². The van der Waals surface area contributed by atoms with Crippen molar-refractivity contribution in [2.45, 2.75) is 54.5 Å². The number of alkyl halides is 9. The van der Waals surface area contributed by atoms with Crippen molar-refractivity contribution < 1.29 is 78.2 Å². The Hall–Kier alpha value is -11.5. The van der Waals surface area contributed by atoms with Crippen molar-refractivity contribution in [1.82, 2.24) is 59.1 Å². The summed E-state index contributed by atoms with van der Waals surface area (Å²) in [6, 6.07) is 31.7. The first-order valence-corrected chi connectivity index (χ1v) is 27.4. The fourth-order valence-corrected chi connectivity index (χ4v) is 10.3. The summed E-state index contributed by atoms with van der Waals surface area (Å²) in [7, 11) is 0. The van der Waals surface area contributed by atoms with E-state index in [-0.39, 0.29) is 18.5 Å². The third-order valence-corrected chi connectivity index (χ3v) is 15.0. The minimum absolute atomic E-state index is 0.0616. The van der Waals surface area contributed by atoms with E-state index in [1.165, 1.54) is 136 Å². The molecule has 6 aromatic carbocycles. The van der Waals surface area contributed by atoms with Crippen molar-refractivity contribution in [2.24, 2.45) is 0 Å². The average Bonchev–Trinajstić information content (AvgIpc) is 1.73. The average molecular weight is 1320 g/mol. The summed E-state index contributed by atoms with van der Waals surface area (Å²) < 4.78 is 173. The van der Waals surface area contributed by atoms with Crippen LogP contribution in [-0.4, -0.2) is 116 Å². The first kappa shape index (κ1) is 66.5. The second-order valence-corrected chi connectivity index (χ2v) is 20.9. The molecule has 0 saturated carbocycles. The molecule has 20 nitrogen and oxygen atoms in total. The number of aliphatic hydroxyl groups excluding tert-OH is 2. The molecule has 0 bridgehead atoms. The number of benzene rings is 6. The topological polar surface area (TPSA) is 290 Å². The molecule has 0 fully saturated rings. The van der Waals surface area contributed by atoms with Crippen molar-refractivity contribution >= 4 is 32.7 Å². The number of rotatable bonds is 14. The number of hydrogen-bond donors (Lipinski definition) is 6. The van der Waals surface area contributed by atoms with E-state index < -0.39 is 116 Å². The van der Waals surface area contributed by atoms with E-state index in [0.717, 1.165) is 64.4 Å². The van der Waals surface area contributed by atoms with Crippen LogP contribution >= 0.6 is 0 Å². The summed E-state index contributed by atoms with van der Waals surface area (Å²) >= 11 is 0. The SMILES string of the molecule is C=CCn1cc(C(O)(c2ccc3c(cnn3-c3ccc(F)cc3)c2)C(F)(F)F)c(C#N)n1.N#Cc1[nH]ncc1C(O)(c1ccc2c(cnn2-c2ccc(F)cc2)c1)C(F)(F)F.N#Cc1nn(CC(O)CO)cc1C(O)(c1ccc2c(cnn2-c2ccc(F)cc2)c1)C(F)(F)F. The molecule has 95 heavy (non-hydrogen) atoms. The lowest BCUT2D eigenvalue weighted by molar-refractivity contribution is -0.248. The first-order chi connectivity index (χ1) is 45.0. The van der Waals surface area contributed by atoms with E-state index in [9.17, 15) is 83.6 Å². The molecule has 0 aliphatic rings. The zero-order chi connectivity index (χ0) is 68.6. The number of hydrogen-bond acceptors (Lipinski definition) is 14. The van der Waals surface area contributed by atoms with Crippen LogP contribution in [0.2, 0.25) is 0 Å². The molecule has 0 radical (unpaired) electrons. The minimum atomic E-state index is -5.25. The summed E-state index contributed by atoms with van der Waals surface area (Å²) in [6.07, 6.45) is -8.90. The van der Waals surface area contributed by atoms with Gasteiger partial charge in [-0.3, -0.25) is 14.5 Å². The van der Waals surface area contributed by atoms with E-state index in [0.29, 0.717) is 44.4 Å². The highest BCUT2D eigenvalue weighted by molar-refractivity contribution is 5.83. The molecule has 6 heterocycles. The molecule has 4 unspecified atom stereocenters. The third kappa shape index (κ3) is 12.3. The Balaban J connectivity index is 0.000000156. The maximum Gasteiger partial charge on any atom is 0.425 e. The van der Waals surface area contributed by atoms with E-state index in [1.807, 2.05) is 0 Å². The van der Waals surface area contributed by atoms with Gasteiger partial charge in [0.1, 0.15) is 41.4 Å². The van der Waals surface area contributed by atoms with Gasteiger partial charge in [0.05, 0.1) is 101 Å². The van der Waals surface area contributed by atoms with E-state index in [2.05, 4.69) is 42.3 Å². The van der Waals surface area contributed by atoms with Gasteiger partial charge in [0.2, 0.25) is 16.8 Å². The monoisotopic (exact) mass is 1320 g/mol. The van der Waals surface area contributed by atoms with E-state index in [4.69, 9.17) is 10.4 Å².